The van der Waals surface area contributed by atoms with E-state index in [2.05, 4.69) is 10.6 Å². The van der Waals surface area contributed by atoms with Gasteiger partial charge in [0.2, 0.25) is 11.7 Å². The van der Waals surface area contributed by atoms with Crippen molar-refractivity contribution < 1.29 is 60.8 Å². The molecule has 0 bridgehead atoms. The van der Waals surface area contributed by atoms with Crippen molar-refractivity contribution >= 4 is 34.7 Å². The van der Waals surface area contributed by atoms with E-state index in [0.717, 1.165) is 0 Å². The Morgan fingerprint density at radius 3 is 2.16 bits per heavy atom. The van der Waals surface area contributed by atoms with Crippen molar-refractivity contribution in [1.29, 1.82) is 0 Å². The first-order valence-corrected chi connectivity index (χ1v) is 16.4. The first-order chi connectivity index (χ1) is 23.2. The first-order valence-electron chi connectivity index (χ1n) is 16.4. The molecule has 4 rings (SSSR count). The smallest absolute Gasteiger partial charge is 0.450 e. The minimum atomic E-state index is -5.01. The average Bonchev–Trinajstić information content (AvgIpc) is 3.51. The van der Waals surface area contributed by atoms with Crippen LogP contribution in [0.4, 0.5) is 18.9 Å². The first kappa shape index (κ1) is 42.2. The van der Waals surface area contributed by atoms with Crippen LogP contribution < -0.4 is 10.6 Å². The molecule has 5 unspecified atom stereocenters. The number of carbonyl (C=O) groups is 5. The van der Waals surface area contributed by atoms with E-state index in [1.54, 1.807) is 30.3 Å². The van der Waals surface area contributed by atoms with Crippen LogP contribution in [0.15, 0.2) is 36.4 Å². The second-order valence-corrected chi connectivity index (χ2v) is 12.9. The Morgan fingerprint density at radius 2 is 1.60 bits per heavy atom. The molecule has 2 aromatic rings. The van der Waals surface area contributed by atoms with Crippen molar-refractivity contribution in [1.82, 2.24) is 5.32 Å². The lowest BCUT2D eigenvalue weighted by Gasteiger charge is -2.31. The predicted octanol–water partition coefficient (Wildman–Crippen LogP) is 4.34. The van der Waals surface area contributed by atoms with Gasteiger partial charge in [-0.25, -0.2) is 0 Å². The summed E-state index contributed by atoms with van der Waals surface area (Å²) in [5, 5.41) is 35.6. The van der Waals surface area contributed by atoms with Crippen molar-refractivity contribution in [3.63, 3.8) is 0 Å². The molecule has 7 N–H and O–H groups in total. The fourth-order valence-electron chi connectivity index (χ4n) is 7.05. The Balaban J connectivity index is 0.00000419. The highest BCUT2D eigenvalue weighted by Crippen LogP contribution is 2.42. The molecule has 2 aliphatic carbocycles. The van der Waals surface area contributed by atoms with Crippen molar-refractivity contribution in [2.75, 3.05) is 32.6 Å². The normalized spacial score (nSPS) is 19.6. The summed E-state index contributed by atoms with van der Waals surface area (Å²) in [7, 11) is 3.75. The van der Waals surface area contributed by atoms with Gasteiger partial charge in [0.1, 0.15) is 17.3 Å². The third-order valence-corrected chi connectivity index (χ3v) is 9.21. The Hall–Kier alpha value is -3.98. The second-order valence-electron chi connectivity index (χ2n) is 12.9. The summed E-state index contributed by atoms with van der Waals surface area (Å²) < 4.78 is 39.1. The topological polar surface area (TPSA) is 202 Å². The molecule has 0 saturated heterocycles. The standard InChI is InChI=1S/C34H38F3NO8.C2H7N.H2O.2H2/c1-18(41)13-29(43)27(17-40)21(11-12-39)14-19-15-26-23(9-10-28(42)31(26)30(44)16-19)20-5-7-22(8-6-20)38-33(46)25-4-2-3-24(25)32(45)34(35,36)37;1-3-2;;;/h5-10,19,21,24-25,27,39-40,42H,2-4,11-17H2,1H3,(H,38,46);3H,1-2H3;1H2;2*1H. The molecule has 14 heteroatoms. The number of aliphatic hydroxyl groups is 2. The number of benzene rings is 2. The van der Waals surface area contributed by atoms with E-state index < -0.39 is 53.9 Å². The molecule has 0 radical (unpaired) electrons. The van der Waals surface area contributed by atoms with Gasteiger partial charge in [-0.15, -0.1) is 0 Å². The number of amides is 1. The second kappa shape index (κ2) is 18.9. The lowest BCUT2D eigenvalue weighted by Crippen LogP contribution is -2.37. The Morgan fingerprint density at radius 1 is 0.980 bits per heavy atom. The molecule has 0 spiro atoms. The van der Waals surface area contributed by atoms with E-state index in [4.69, 9.17) is 0 Å². The van der Waals surface area contributed by atoms with Gasteiger partial charge in [-0.3, -0.25) is 24.0 Å². The van der Waals surface area contributed by atoms with Crippen LogP contribution in [-0.4, -0.2) is 83.3 Å². The van der Waals surface area contributed by atoms with Crippen LogP contribution in [-0.2, 0) is 25.6 Å². The van der Waals surface area contributed by atoms with Crippen LogP contribution in [0.25, 0.3) is 11.1 Å². The van der Waals surface area contributed by atoms with E-state index in [9.17, 15) is 52.5 Å². The highest BCUT2D eigenvalue weighted by molar-refractivity contribution is 6.03. The zero-order valence-corrected chi connectivity index (χ0v) is 28.4. The van der Waals surface area contributed by atoms with Gasteiger partial charge in [-0.2, -0.15) is 13.2 Å². The summed E-state index contributed by atoms with van der Waals surface area (Å²) >= 11 is 0. The summed E-state index contributed by atoms with van der Waals surface area (Å²) in [6.45, 7) is 0.536. The zero-order chi connectivity index (χ0) is 36.5. The minimum absolute atomic E-state index is 0. The molecule has 2 aromatic carbocycles. The number of hydrogen-bond acceptors (Lipinski definition) is 9. The van der Waals surface area contributed by atoms with Gasteiger partial charge in [0, 0.05) is 39.3 Å². The highest BCUT2D eigenvalue weighted by Gasteiger charge is 2.49. The van der Waals surface area contributed by atoms with Crippen LogP contribution >= 0.6 is 0 Å². The van der Waals surface area contributed by atoms with E-state index in [-0.39, 0.29) is 75.8 Å². The van der Waals surface area contributed by atoms with E-state index in [1.807, 2.05) is 14.1 Å². The number of aromatic hydroxyl groups is 1. The molecule has 0 heterocycles. The maximum atomic E-state index is 13.3. The van der Waals surface area contributed by atoms with Gasteiger partial charge in [0.05, 0.1) is 18.6 Å². The van der Waals surface area contributed by atoms with Gasteiger partial charge in [-0.05, 0) is 99.8 Å². The molecule has 280 valence electrons. The number of alkyl halides is 3. The summed E-state index contributed by atoms with van der Waals surface area (Å²) in [6.07, 6.45) is -3.89. The van der Waals surface area contributed by atoms with E-state index in [0.29, 0.717) is 41.6 Å². The van der Waals surface area contributed by atoms with Crippen LogP contribution in [0.2, 0.25) is 0 Å². The molecule has 1 saturated carbocycles. The fourth-order valence-corrected chi connectivity index (χ4v) is 7.05. The number of phenols is 1. The minimum Gasteiger partial charge on any atom is -0.507 e. The summed E-state index contributed by atoms with van der Waals surface area (Å²) in [6, 6.07) is 9.53. The van der Waals surface area contributed by atoms with Crippen molar-refractivity contribution in [3.05, 3.63) is 47.5 Å². The molecule has 1 amide bonds. The molecule has 0 aromatic heterocycles. The number of anilines is 1. The van der Waals surface area contributed by atoms with Crippen molar-refractivity contribution in [2.24, 2.45) is 29.6 Å². The maximum Gasteiger partial charge on any atom is 0.450 e. The number of fused-ring (bicyclic) bond motifs is 1. The number of halogens is 3. The van der Waals surface area contributed by atoms with Crippen LogP contribution in [0.3, 0.4) is 0 Å². The average molecular weight is 713 g/mol. The number of ketones is 4. The highest BCUT2D eigenvalue weighted by atomic mass is 19.4. The molecular formula is C36H51F3N2O9. The number of nitrogens with one attached hydrogen (secondary N) is 2. The Bertz CT molecular complexity index is 1520. The molecule has 0 aliphatic heterocycles. The molecule has 5 atom stereocenters. The molecule has 1 fully saturated rings. The van der Waals surface area contributed by atoms with Crippen molar-refractivity contribution in [2.45, 2.75) is 64.5 Å². The van der Waals surface area contributed by atoms with Gasteiger partial charge in [0.15, 0.2) is 5.78 Å². The van der Waals surface area contributed by atoms with Gasteiger partial charge < -0.3 is 31.4 Å². The number of carbonyl (C=O) groups excluding carboxylic acids is 5. The Labute approximate surface area is 291 Å². The third kappa shape index (κ3) is 10.5. The monoisotopic (exact) mass is 712 g/mol. The van der Waals surface area contributed by atoms with Crippen LogP contribution in [0.1, 0.15) is 70.6 Å². The van der Waals surface area contributed by atoms with Gasteiger partial charge in [-0.1, -0.05) is 24.6 Å². The number of rotatable bonds is 13. The number of hydrogen-bond donors (Lipinski definition) is 5. The SMILES string of the molecule is CC(=O)CC(=O)C(CO)C(CCO)CC1CC(=O)c2c(O)ccc(-c3ccc(NC(=O)C4CCCC4C(=O)C(F)(F)F)cc3)c2C1.CNC.O.[HH].[HH]. The maximum absolute atomic E-state index is 13.3. The van der Waals surface area contributed by atoms with Crippen molar-refractivity contribution in [3.8, 4) is 16.9 Å². The Kier molecular flexibility index (Phi) is 15.9. The molecular weight excluding hydrogens is 661 g/mol. The summed E-state index contributed by atoms with van der Waals surface area (Å²) in [5.74, 6) is -7.91. The molecule has 11 nitrogen and oxygen atoms in total. The van der Waals surface area contributed by atoms with E-state index in [1.165, 1.54) is 13.0 Å². The number of phenolic OH excluding ortho intramolecular Hbond substituents is 1. The number of aliphatic hydroxyl groups excluding tert-OH is 2. The van der Waals surface area contributed by atoms with Gasteiger partial charge >= 0.3 is 6.18 Å². The predicted molar refractivity (Wildman–Crippen MR) is 184 cm³/mol. The quantitative estimate of drug-likeness (QED) is 0.187. The van der Waals surface area contributed by atoms with Crippen LogP contribution in [0, 0.1) is 29.6 Å². The molecule has 2 aliphatic rings. The lowest BCUT2D eigenvalue weighted by atomic mass is 9.72. The van der Waals surface area contributed by atoms with Gasteiger partial charge in [0.25, 0.3) is 0 Å². The summed E-state index contributed by atoms with van der Waals surface area (Å²) in [5.41, 5.74) is 2.36. The molecule has 50 heavy (non-hydrogen) atoms. The lowest BCUT2D eigenvalue weighted by molar-refractivity contribution is -0.177. The third-order valence-electron chi connectivity index (χ3n) is 9.21. The largest absolute Gasteiger partial charge is 0.507 e. The van der Waals surface area contributed by atoms with Crippen LogP contribution in [0.5, 0.6) is 5.75 Å². The number of Topliss-reactive ketones (excluding diaryl/α,β-unsaturated/α-hetero) is 4. The summed E-state index contributed by atoms with van der Waals surface area (Å²) in [4.78, 5) is 62.2. The van der Waals surface area contributed by atoms with E-state index >= 15 is 0 Å². The zero-order valence-electron chi connectivity index (χ0n) is 28.4. The fraction of sp³-hybridized carbons (Fsp3) is 0.528.